The van der Waals surface area contributed by atoms with Gasteiger partial charge in [0, 0.05) is 13.0 Å². The zero-order chi connectivity index (χ0) is 18.8. The van der Waals surface area contributed by atoms with E-state index in [9.17, 15) is 14.9 Å². The molecule has 0 fully saturated rings. The van der Waals surface area contributed by atoms with Gasteiger partial charge >= 0.3 is 0 Å². The highest BCUT2D eigenvalue weighted by atomic mass is 16.6. The summed E-state index contributed by atoms with van der Waals surface area (Å²) >= 11 is 0. The van der Waals surface area contributed by atoms with Crippen LogP contribution in [0, 0.1) is 10.1 Å². The lowest BCUT2D eigenvalue weighted by Gasteiger charge is -2.15. The summed E-state index contributed by atoms with van der Waals surface area (Å²) in [4.78, 5) is 22.0. The largest absolute Gasteiger partial charge is 0.487 e. The molecule has 0 saturated carbocycles. The minimum atomic E-state index is -0.596. The number of nitro groups is 1. The second-order valence-corrected chi connectivity index (χ2v) is 5.29. The molecule has 0 atom stereocenters. The van der Waals surface area contributed by atoms with Gasteiger partial charge in [0.2, 0.25) is 5.91 Å². The first kappa shape index (κ1) is 19.9. The van der Waals surface area contributed by atoms with Gasteiger partial charge in [-0.15, -0.1) is 0 Å². The Kier molecular flexibility index (Phi) is 8.06. The molecule has 1 amide bonds. The second-order valence-electron chi connectivity index (χ2n) is 5.29. The predicted octanol–water partition coefficient (Wildman–Crippen LogP) is 1.37. The predicted molar refractivity (Wildman–Crippen MR) is 90.8 cm³/mol. The van der Waals surface area contributed by atoms with Crippen LogP contribution in [0.4, 0.5) is 11.4 Å². The fraction of sp³-hybridized carbons (Fsp3) is 0.562. The summed E-state index contributed by atoms with van der Waals surface area (Å²) in [6.45, 7) is 4.00. The molecule has 1 N–H and O–H groups in total. The van der Waals surface area contributed by atoms with Crippen molar-refractivity contribution in [1.29, 1.82) is 0 Å². The Labute approximate surface area is 150 Å². The Morgan fingerprint density at radius 1 is 0.923 bits per heavy atom. The van der Waals surface area contributed by atoms with E-state index in [2.05, 4.69) is 5.32 Å². The Hall–Kier alpha value is -2.43. The van der Waals surface area contributed by atoms with E-state index in [1.165, 1.54) is 19.1 Å². The number of carbonyl (C=O) groups excluding carboxylic acids is 1. The molecule has 26 heavy (non-hydrogen) atoms. The highest BCUT2D eigenvalue weighted by Crippen LogP contribution is 2.38. The number of hydrogen-bond acceptors (Lipinski definition) is 8. The van der Waals surface area contributed by atoms with E-state index >= 15 is 0 Å². The quantitative estimate of drug-likeness (QED) is 0.612. The van der Waals surface area contributed by atoms with Gasteiger partial charge in [-0.2, -0.15) is 0 Å². The highest BCUT2D eigenvalue weighted by Gasteiger charge is 2.21. The molecule has 2 rings (SSSR count). The van der Waals surface area contributed by atoms with E-state index in [4.69, 9.17) is 23.7 Å². The van der Waals surface area contributed by atoms with Gasteiger partial charge in [0.1, 0.15) is 18.9 Å². The van der Waals surface area contributed by atoms with E-state index in [-0.39, 0.29) is 36.1 Å². The number of carbonyl (C=O) groups is 1. The van der Waals surface area contributed by atoms with Crippen LogP contribution in [0.25, 0.3) is 0 Å². The number of nitrogens with one attached hydrogen (secondary N) is 1. The van der Waals surface area contributed by atoms with Crippen molar-refractivity contribution >= 4 is 17.3 Å². The number of rotatable bonds is 2. The van der Waals surface area contributed by atoms with Crippen LogP contribution in [0.15, 0.2) is 12.1 Å². The molecule has 1 aromatic rings. The van der Waals surface area contributed by atoms with Crippen molar-refractivity contribution in [2.75, 3.05) is 58.2 Å². The van der Waals surface area contributed by atoms with Crippen LogP contribution in [0.2, 0.25) is 0 Å². The third-order valence-electron chi connectivity index (χ3n) is 3.28. The number of benzene rings is 1. The molecule has 0 bridgehead atoms. The smallest absolute Gasteiger partial charge is 0.296 e. The van der Waals surface area contributed by atoms with Crippen LogP contribution in [-0.4, -0.2) is 63.7 Å². The lowest BCUT2D eigenvalue weighted by Crippen LogP contribution is -2.13. The molecular weight excluding hydrogens is 348 g/mol. The van der Waals surface area contributed by atoms with E-state index < -0.39 is 10.8 Å². The lowest BCUT2D eigenvalue weighted by molar-refractivity contribution is -0.384. The molecule has 1 heterocycles. The van der Waals surface area contributed by atoms with Crippen LogP contribution in [0.3, 0.4) is 0 Å². The first-order valence-electron chi connectivity index (χ1n) is 8.17. The molecule has 0 radical (unpaired) electrons. The fourth-order valence-electron chi connectivity index (χ4n) is 2.18. The molecule has 1 aliphatic rings. The third kappa shape index (κ3) is 6.47. The van der Waals surface area contributed by atoms with E-state index in [1.54, 1.807) is 0 Å². The van der Waals surface area contributed by atoms with Crippen molar-refractivity contribution in [3.63, 3.8) is 0 Å². The maximum absolute atomic E-state index is 11.3. The Morgan fingerprint density at radius 2 is 1.38 bits per heavy atom. The molecule has 10 nitrogen and oxygen atoms in total. The van der Waals surface area contributed by atoms with Gasteiger partial charge in [-0.3, -0.25) is 14.9 Å². The van der Waals surface area contributed by atoms with Crippen molar-refractivity contribution in [3.8, 4) is 11.5 Å². The van der Waals surface area contributed by atoms with Gasteiger partial charge in [-0.25, -0.2) is 0 Å². The van der Waals surface area contributed by atoms with E-state index in [0.717, 1.165) is 0 Å². The topological polar surface area (TPSA) is 118 Å². The van der Waals surface area contributed by atoms with Crippen molar-refractivity contribution in [3.05, 3.63) is 22.2 Å². The van der Waals surface area contributed by atoms with Gasteiger partial charge in [0.25, 0.3) is 5.69 Å². The number of anilines is 1. The van der Waals surface area contributed by atoms with Crippen LogP contribution in [-0.2, 0) is 19.0 Å². The first-order valence-corrected chi connectivity index (χ1v) is 8.17. The lowest BCUT2D eigenvalue weighted by atomic mass is 10.2. The van der Waals surface area contributed by atoms with Crippen LogP contribution in [0.5, 0.6) is 11.5 Å². The summed E-state index contributed by atoms with van der Waals surface area (Å²) in [5.74, 6) is 0.0393. The summed E-state index contributed by atoms with van der Waals surface area (Å²) in [7, 11) is 0. The molecule has 1 aliphatic heterocycles. The standard InChI is InChI=1S/C16H22N2O8/c1-12(19)17-13-10-15-16(11-14(13)18(20)21)26-9-7-24-5-3-22-2-4-23-6-8-25-15/h10-11H,2-9H2,1H3,(H,17,19). The van der Waals surface area contributed by atoms with Gasteiger partial charge in [0.15, 0.2) is 11.5 Å². The first-order chi connectivity index (χ1) is 12.6. The van der Waals surface area contributed by atoms with Crippen molar-refractivity contribution in [2.45, 2.75) is 6.92 Å². The molecule has 1 aromatic carbocycles. The molecule has 0 saturated heterocycles. The average Bonchev–Trinajstić information content (AvgIpc) is 2.59. The Bertz CT molecular complexity index is 623. The van der Waals surface area contributed by atoms with Crippen molar-refractivity contribution in [2.24, 2.45) is 0 Å². The summed E-state index contributed by atoms with van der Waals surface area (Å²) in [6.07, 6.45) is 0. The average molecular weight is 370 g/mol. The zero-order valence-corrected chi connectivity index (χ0v) is 14.5. The van der Waals surface area contributed by atoms with Crippen molar-refractivity contribution in [1.82, 2.24) is 0 Å². The number of nitrogens with zero attached hydrogens (tertiary/aromatic N) is 1. The summed E-state index contributed by atoms with van der Waals surface area (Å²) in [6, 6.07) is 2.60. The Balaban J connectivity index is 2.21. The van der Waals surface area contributed by atoms with Gasteiger partial charge in [-0.05, 0) is 0 Å². The normalized spacial score (nSPS) is 16.8. The summed E-state index contributed by atoms with van der Waals surface area (Å²) in [5, 5.41) is 13.7. The molecular formula is C16H22N2O8. The molecule has 0 aromatic heterocycles. The molecule has 0 spiro atoms. The minimum Gasteiger partial charge on any atom is -0.487 e. The number of nitro benzene ring substituents is 1. The van der Waals surface area contributed by atoms with Crippen LogP contribution >= 0.6 is 0 Å². The number of fused-ring (bicyclic) bond motifs is 1. The minimum absolute atomic E-state index is 0.0355. The van der Waals surface area contributed by atoms with Gasteiger partial charge < -0.3 is 29.0 Å². The molecule has 0 unspecified atom stereocenters. The summed E-state index contributed by atoms with van der Waals surface area (Å²) < 4.78 is 27.2. The monoisotopic (exact) mass is 370 g/mol. The van der Waals surface area contributed by atoms with E-state index in [0.29, 0.717) is 39.6 Å². The summed E-state index contributed by atoms with van der Waals surface area (Å²) in [5.41, 5.74) is -0.251. The second kappa shape index (κ2) is 10.5. The molecule has 0 aliphatic carbocycles. The van der Waals surface area contributed by atoms with Crippen molar-refractivity contribution < 1.29 is 33.4 Å². The molecule has 10 heteroatoms. The SMILES string of the molecule is CC(=O)Nc1cc2c(cc1[N+](=O)[O-])OCCOCCOCCOCCO2. The molecule has 144 valence electrons. The maximum Gasteiger partial charge on any atom is 0.296 e. The van der Waals surface area contributed by atoms with E-state index in [1.807, 2.05) is 0 Å². The number of ether oxygens (including phenoxy) is 5. The Morgan fingerprint density at radius 3 is 1.85 bits per heavy atom. The number of hydrogen-bond donors (Lipinski definition) is 1. The number of amides is 1. The zero-order valence-electron chi connectivity index (χ0n) is 14.5. The van der Waals surface area contributed by atoms with Gasteiger partial charge in [-0.1, -0.05) is 0 Å². The van der Waals surface area contributed by atoms with Crippen LogP contribution < -0.4 is 14.8 Å². The third-order valence-corrected chi connectivity index (χ3v) is 3.28. The van der Waals surface area contributed by atoms with Gasteiger partial charge in [0.05, 0.1) is 50.6 Å². The maximum atomic E-state index is 11.3. The van der Waals surface area contributed by atoms with Crippen LogP contribution in [0.1, 0.15) is 6.92 Å². The fourth-order valence-corrected chi connectivity index (χ4v) is 2.18. The highest BCUT2D eigenvalue weighted by molar-refractivity contribution is 5.92.